The van der Waals surface area contributed by atoms with Gasteiger partial charge in [-0.1, -0.05) is 11.6 Å². The largest absolute Gasteiger partial charge is 0.356 e. The quantitative estimate of drug-likeness (QED) is 0.826. The number of H-pyrrole nitrogens is 1. The van der Waals surface area contributed by atoms with Crippen LogP contribution >= 0.6 is 24.0 Å². The highest BCUT2D eigenvalue weighted by Gasteiger charge is 2.26. The average Bonchev–Trinajstić information content (AvgIpc) is 2.47. The van der Waals surface area contributed by atoms with Gasteiger partial charge in [0.15, 0.2) is 0 Å². The maximum Gasteiger partial charge on any atom is 0.270 e. The number of aromatic amines is 1. The molecule has 2 rings (SSSR count). The van der Waals surface area contributed by atoms with Crippen molar-refractivity contribution in [3.8, 4) is 0 Å². The molecule has 1 aliphatic heterocycles. The van der Waals surface area contributed by atoms with Crippen molar-refractivity contribution >= 4 is 29.9 Å². The number of halogens is 2. The maximum absolute atomic E-state index is 11.8. The molecule has 0 radical (unpaired) electrons. The Morgan fingerprint density at radius 2 is 2.27 bits per heavy atom. The first-order valence-corrected chi connectivity index (χ1v) is 4.88. The molecule has 4 nitrogen and oxygen atoms in total. The molecule has 1 aromatic rings. The van der Waals surface area contributed by atoms with Crippen LogP contribution in [0.25, 0.3) is 0 Å². The summed E-state index contributed by atoms with van der Waals surface area (Å²) in [7, 11) is 1.81. The van der Waals surface area contributed by atoms with Gasteiger partial charge >= 0.3 is 0 Å². The summed E-state index contributed by atoms with van der Waals surface area (Å²) in [5.41, 5.74) is 0.546. The fourth-order valence-electron chi connectivity index (χ4n) is 1.39. The summed E-state index contributed by atoms with van der Waals surface area (Å²) in [5, 5.41) is 3.69. The van der Waals surface area contributed by atoms with Crippen molar-refractivity contribution in [2.45, 2.75) is 6.04 Å². The summed E-state index contributed by atoms with van der Waals surface area (Å²) in [5.74, 6) is -0.0107. The lowest BCUT2D eigenvalue weighted by Crippen LogP contribution is -2.57. The van der Waals surface area contributed by atoms with Gasteiger partial charge in [-0.2, -0.15) is 0 Å². The van der Waals surface area contributed by atoms with E-state index in [9.17, 15) is 4.79 Å². The third-order valence-corrected chi connectivity index (χ3v) is 2.72. The Balaban J connectivity index is 0.00000112. The lowest BCUT2D eigenvalue weighted by molar-refractivity contribution is 0.0676. The standard InChI is InChI=1S/C9H12ClN3O.ClH/c1-13(7-4-11-5-7)9(14)8-2-6(10)3-12-8;/h2-3,7,11-12H,4-5H2,1H3;1H. The molecular formula is C9H13Cl2N3O. The molecule has 2 N–H and O–H groups in total. The normalized spacial score (nSPS) is 15.3. The minimum atomic E-state index is -0.0107. The average molecular weight is 250 g/mol. The second kappa shape index (κ2) is 4.88. The predicted molar refractivity (Wildman–Crippen MR) is 61.8 cm³/mol. The Bertz CT molecular complexity index is 349. The smallest absolute Gasteiger partial charge is 0.270 e. The molecule has 2 heterocycles. The first-order chi connectivity index (χ1) is 6.68. The number of amides is 1. The molecule has 6 heteroatoms. The van der Waals surface area contributed by atoms with Gasteiger partial charge in [-0.3, -0.25) is 4.79 Å². The summed E-state index contributed by atoms with van der Waals surface area (Å²) >= 11 is 5.72. The molecule has 0 atom stereocenters. The van der Waals surface area contributed by atoms with E-state index in [-0.39, 0.29) is 18.3 Å². The molecule has 0 spiro atoms. The van der Waals surface area contributed by atoms with E-state index in [0.717, 1.165) is 13.1 Å². The van der Waals surface area contributed by atoms with E-state index >= 15 is 0 Å². The van der Waals surface area contributed by atoms with Gasteiger partial charge in [-0.25, -0.2) is 0 Å². The second-order valence-electron chi connectivity index (χ2n) is 3.46. The van der Waals surface area contributed by atoms with E-state index in [1.807, 2.05) is 7.05 Å². The zero-order valence-corrected chi connectivity index (χ0v) is 9.86. The zero-order chi connectivity index (χ0) is 10.1. The van der Waals surface area contributed by atoms with Gasteiger partial charge in [0.2, 0.25) is 0 Å². The van der Waals surface area contributed by atoms with E-state index in [2.05, 4.69) is 10.3 Å². The molecule has 1 amide bonds. The highest BCUT2D eigenvalue weighted by molar-refractivity contribution is 6.30. The Kier molecular flexibility index (Phi) is 4.02. The summed E-state index contributed by atoms with van der Waals surface area (Å²) in [6.45, 7) is 1.74. The zero-order valence-electron chi connectivity index (χ0n) is 8.29. The Morgan fingerprint density at radius 1 is 1.60 bits per heavy atom. The van der Waals surface area contributed by atoms with E-state index in [1.54, 1.807) is 17.2 Å². The SMILES string of the molecule is CN(C(=O)c1cc(Cl)c[nH]1)C1CNC1.Cl. The molecule has 1 aromatic heterocycles. The van der Waals surface area contributed by atoms with Crippen LogP contribution in [0.2, 0.25) is 5.02 Å². The van der Waals surface area contributed by atoms with Crippen molar-refractivity contribution in [3.05, 3.63) is 23.0 Å². The fraction of sp³-hybridized carbons (Fsp3) is 0.444. The van der Waals surface area contributed by atoms with Crippen molar-refractivity contribution in [1.29, 1.82) is 0 Å². The lowest BCUT2D eigenvalue weighted by atomic mass is 10.1. The van der Waals surface area contributed by atoms with Crippen molar-refractivity contribution in [3.63, 3.8) is 0 Å². The molecule has 15 heavy (non-hydrogen) atoms. The number of nitrogens with one attached hydrogen (secondary N) is 2. The van der Waals surface area contributed by atoms with Crippen LogP contribution in [0, 0.1) is 0 Å². The molecule has 84 valence electrons. The lowest BCUT2D eigenvalue weighted by Gasteiger charge is -2.35. The van der Waals surface area contributed by atoms with Crippen molar-refractivity contribution in [1.82, 2.24) is 15.2 Å². The predicted octanol–water partition coefficient (Wildman–Crippen LogP) is 1.13. The highest BCUT2D eigenvalue weighted by atomic mass is 35.5. The van der Waals surface area contributed by atoms with Crippen molar-refractivity contribution in [2.24, 2.45) is 0 Å². The second-order valence-corrected chi connectivity index (χ2v) is 3.90. The van der Waals surface area contributed by atoms with E-state index in [0.29, 0.717) is 16.8 Å². The molecule has 0 saturated carbocycles. The van der Waals surface area contributed by atoms with E-state index < -0.39 is 0 Å². The minimum absolute atomic E-state index is 0. The molecule has 1 saturated heterocycles. The van der Waals surface area contributed by atoms with Gasteiger partial charge in [0.05, 0.1) is 11.1 Å². The van der Waals surface area contributed by atoms with E-state index in [4.69, 9.17) is 11.6 Å². The number of hydrogen-bond donors (Lipinski definition) is 2. The highest BCUT2D eigenvalue weighted by Crippen LogP contribution is 2.13. The third kappa shape index (κ3) is 2.45. The van der Waals surface area contributed by atoms with Gasteiger partial charge in [0.1, 0.15) is 5.69 Å². The number of nitrogens with zero attached hydrogens (tertiary/aromatic N) is 1. The molecule has 1 aliphatic rings. The molecule has 1 fully saturated rings. The Morgan fingerprint density at radius 3 is 2.67 bits per heavy atom. The van der Waals surface area contributed by atoms with Crippen LogP contribution in [0.3, 0.4) is 0 Å². The van der Waals surface area contributed by atoms with Crippen LogP contribution in [0.1, 0.15) is 10.5 Å². The summed E-state index contributed by atoms with van der Waals surface area (Å²) in [4.78, 5) is 16.4. The fourth-order valence-corrected chi connectivity index (χ4v) is 1.56. The topological polar surface area (TPSA) is 48.1 Å². The summed E-state index contributed by atoms with van der Waals surface area (Å²) in [6.07, 6.45) is 1.61. The van der Waals surface area contributed by atoms with Crippen LogP contribution in [0.5, 0.6) is 0 Å². The maximum atomic E-state index is 11.8. The minimum Gasteiger partial charge on any atom is -0.356 e. The first kappa shape index (κ1) is 12.4. The molecule has 0 unspecified atom stereocenters. The number of rotatable bonds is 2. The number of aromatic nitrogens is 1. The van der Waals surface area contributed by atoms with Crippen LogP contribution in [-0.2, 0) is 0 Å². The van der Waals surface area contributed by atoms with Gasteiger partial charge in [-0.05, 0) is 6.07 Å². The van der Waals surface area contributed by atoms with Crippen molar-refractivity contribution < 1.29 is 4.79 Å². The number of hydrogen-bond acceptors (Lipinski definition) is 2. The molecule has 0 aromatic carbocycles. The van der Waals surface area contributed by atoms with Crippen LogP contribution in [-0.4, -0.2) is 42.0 Å². The molecule has 0 bridgehead atoms. The Hall–Kier alpha value is -0.710. The van der Waals surface area contributed by atoms with Gasteiger partial charge in [0, 0.05) is 26.3 Å². The third-order valence-electron chi connectivity index (χ3n) is 2.51. The van der Waals surface area contributed by atoms with Crippen molar-refractivity contribution in [2.75, 3.05) is 20.1 Å². The molecular weight excluding hydrogens is 237 g/mol. The number of carbonyl (C=O) groups is 1. The van der Waals surface area contributed by atoms with Gasteiger partial charge in [-0.15, -0.1) is 12.4 Å². The van der Waals surface area contributed by atoms with Gasteiger partial charge < -0.3 is 15.2 Å². The summed E-state index contributed by atoms with van der Waals surface area (Å²) in [6, 6.07) is 1.96. The van der Waals surface area contributed by atoms with Crippen LogP contribution in [0.4, 0.5) is 0 Å². The van der Waals surface area contributed by atoms with Crippen LogP contribution < -0.4 is 5.32 Å². The first-order valence-electron chi connectivity index (χ1n) is 4.50. The number of carbonyl (C=O) groups excluding carboxylic acids is 1. The molecule has 0 aliphatic carbocycles. The monoisotopic (exact) mass is 249 g/mol. The van der Waals surface area contributed by atoms with E-state index in [1.165, 1.54) is 0 Å². The van der Waals surface area contributed by atoms with Gasteiger partial charge in [0.25, 0.3) is 5.91 Å². The van der Waals surface area contributed by atoms with Crippen LogP contribution in [0.15, 0.2) is 12.3 Å². The number of likely N-dealkylation sites (N-methyl/N-ethyl adjacent to an activating group) is 1. The Labute approximate surface area is 99.4 Å². The summed E-state index contributed by atoms with van der Waals surface area (Å²) < 4.78 is 0.